The largest absolute Gasteiger partial charge is 0.481 e. The highest BCUT2D eigenvalue weighted by atomic mass is 32.2. The van der Waals surface area contributed by atoms with Crippen LogP contribution in [-0.2, 0) is 14.8 Å². The Balaban J connectivity index is 1.92. The van der Waals surface area contributed by atoms with E-state index >= 15 is 0 Å². The maximum atomic E-state index is 13.0. The van der Waals surface area contributed by atoms with Gasteiger partial charge >= 0.3 is 5.97 Å². The number of aromatic nitrogens is 1. The van der Waals surface area contributed by atoms with Crippen molar-refractivity contribution < 1.29 is 27.3 Å². The Labute approximate surface area is 144 Å². The van der Waals surface area contributed by atoms with Crippen LogP contribution >= 0.6 is 0 Å². The predicted molar refractivity (Wildman–Crippen MR) is 88.0 cm³/mol. The number of carbonyl (C=O) groups is 1. The Morgan fingerprint density at radius 2 is 2.24 bits per heavy atom. The monoisotopic (exact) mass is 366 g/mol. The summed E-state index contributed by atoms with van der Waals surface area (Å²) in [5.74, 6) is -1.06. The van der Waals surface area contributed by atoms with Gasteiger partial charge in [0.15, 0.2) is 10.7 Å². The number of rotatable bonds is 5. The molecule has 0 aliphatic carbocycles. The summed E-state index contributed by atoms with van der Waals surface area (Å²) in [5.41, 5.74) is 0.233. The third-order valence-electron chi connectivity index (χ3n) is 4.11. The molecule has 1 aliphatic rings. The van der Waals surface area contributed by atoms with Crippen LogP contribution in [0.1, 0.15) is 30.1 Å². The van der Waals surface area contributed by atoms with Crippen molar-refractivity contribution in [1.29, 1.82) is 0 Å². The van der Waals surface area contributed by atoms with E-state index in [0.29, 0.717) is 18.6 Å². The number of hydrogen-bond acceptors (Lipinski definition) is 6. The van der Waals surface area contributed by atoms with E-state index in [-0.39, 0.29) is 29.4 Å². The van der Waals surface area contributed by atoms with Gasteiger partial charge in [-0.3, -0.25) is 4.79 Å². The van der Waals surface area contributed by atoms with Gasteiger partial charge in [-0.2, -0.15) is 4.31 Å². The van der Waals surface area contributed by atoms with Gasteiger partial charge in [-0.1, -0.05) is 5.16 Å². The second kappa shape index (κ2) is 6.85. The Kier molecular flexibility index (Phi) is 4.78. The fraction of sp³-hybridized carbons (Fsp3) is 0.375. The minimum atomic E-state index is -3.91. The van der Waals surface area contributed by atoms with Crippen LogP contribution in [0.25, 0.3) is 12.2 Å². The molecule has 0 radical (unpaired) electrons. The standard InChI is InChI=1S/C16H18N2O6S/c1-11-15(14(24-17-11)7-6-13-5-3-9-23-13)25(21,22)18-8-2-4-12(10-18)16(19)20/h3,5-7,9,12H,2,4,8,10H2,1H3,(H,19,20). The Bertz CT molecular complexity index is 882. The number of sulfonamides is 1. The summed E-state index contributed by atoms with van der Waals surface area (Å²) < 4.78 is 37.5. The summed E-state index contributed by atoms with van der Waals surface area (Å²) in [6.45, 7) is 1.76. The molecule has 0 bridgehead atoms. The molecule has 1 N–H and O–H groups in total. The second-order valence-electron chi connectivity index (χ2n) is 5.85. The SMILES string of the molecule is Cc1noc(C=Cc2ccco2)c1S(=O)(=O)N1CCCC(C(=O)O)C1. The van der Waals surface area contributed by atoms with Gasteiger partial charge in [-0.05, 0) is 44.1 Å². The van der Waals surface area contributed by atoms with Crippen LogP contribution in [0.2, 0.25) is 0 Å². The van der Waals surface area contributed by atoms with Gasteiger partial charge in [0.2, 0.25) is 10.0 Å². The molecule has 2 aromatic heterocycles. The number of piperidine rings is 1. The Morgan fingerprint density at radius 1 is 1.44 bits per heavy atom. The summed E-state index contributed by atoms with van der Waals surface area (Å²) in [4.78, 5) is 11.2. The van der Waals surface area contributed by atoms with Crippen molar-refractivity contribution >= 4 is 28.1 Å². The summed E-state index contributed by atoms with van der Waals surface area (Å²) in [7, 11) is -3.91. The zero-order valence-corrected chi connectivity index (χ0v) is 14.4. The lowest BCUT2D eigenvalue weighted by Gasteiger charge is -2.29. The molecule has 2 aromatic rings. The molecular weight excluding hydrogens is 348 g/mol. The van der Waals surface area contributed by atoms with Crippen LogP contribution in [0.5, 0.6) is 0 Å². The number of nitrogens with zero attached hydrogens (tertiary/aromatic N) is 2. The highest BCUT2D eigenvalue weighted by Crippen LogP contribution is 2.29. The molecule has 25 heavy (non-hydrogen) atoms. The minimum Gasteiger partial charge on any atom is -0.481 e. The number of carboxylic acid groups (broad SMARTS) is 1. The quantitative estimate of drug-likeness (QED) is 0.863. The van der Waals surface area contributed by atoms with Crippen molar-refractivity contribution in [2.45, 2.75) is 24.7 Å². The fourth-order valence-electron chi connectivity index (χ4n) is 2.83. The number of aliphatic carboxylic acids is 1. The van der Waals surface area contributed by atoms with Crippen molar-refractivity contribution in [1.82, 2.24) is 9.46 Å². The van der Waals surface area contributed by atoms with Gasteiger partial charge in [0.25, 0.3) is 0 Å². The number of furan rings is 1. The average molecular weight is 366 g/mol. The normalized spacial score (nSPS) is 19.5. The average Bonchev–Trinajstić information content (AvgIpc) is 3.22. The van der Waals surface area contributed by atoms with Crippen molar-refractivity contribution in [3.8, 4) is 0 Å². The van der Waals surface area contributed by atoms with E-state index in [4.69, 9.17) is 8.94 Å². The van der Waals surface area contributed by atoms with Gasteiger partial charge < -0.3 is 14.0 Å². The van der Waals surface area contributed by atoms with E-state index in [0.717, 1.165) is 0 Å². The van der Waals surface area contributed by atoms with Crippen LogP contribution in [0.3, 0.4) is 0 Å². The van der Waals surface area contributed by atoms with Gasteiger partial charge in [0, 0.05) is 13.1 Å². The third-order valence-corrected chi connectivity index (χ3v) is 6.13. The zero-order chi connectivity index (χ0) is 18.0. The second-order valence-corrected chi connectivity index (χ2v) is 7.73. The van der Waals surface area contributed by atoms with E-state index in [1.165, 1.54) is 16.6 Å². The highest BCUT2D eigenvalue weighted by molar-refractivity contribution is 7.89. The molecule has 0 amide bonds. The Morgan fingerprint density at radius 3 is 2.92 bits per heavy atom. The molecule has 134 valence electrons. The lowest BCUT2D eigenvalue weighted by Crippen LogP contribution is -2.42. The van der Waals surface area contributed by atoms with Crippen LogP contribution in [0, 0.1) is 12.8 Å². The van der Waals surface area contributed by atoms with E-state index in [2.05, 4.69) is 5.16 Å². The van der Waals surface area contributed by atoms with E-state index in [1.807, 2.05) is 0 Å². The molecule has 8 nitrogen and oxygen atoms in total. The number of carboxylic acids is 1. The fourth-order valence-corrected chi connectivity index (χ4v) is 4.61. The summed E-state index contributed by atoms with van der Waals surface area (Å²) in [6, 6.07) is 3.43. The molecule has 3 rings (SSSR count). The van der Waals surface area contributed by atoms with E-state index < -0.39 is 21.9 Å². The number of hydrogen-bond donors (Lipinski definition) is 1. The molecule has 3 heterocycles. The molecule has 1 aliphatic heterocycles. The number of aryl methyl sites for hydroxylation is 1. The van der Waals surface area contributed by atoms with Gasteiger partial charge in [-0.15, -0.1) is 0 Å². The van der Waals surface area contributed by atoms with E-state index in [1.54, 1.807) is 25.1 Å². The molecular formula is C16H18N2O6S. The molecule has 0 aromatic carbocycles. The maximum Gasteiger partial charge on any atom is 0.307 e. The highest BCUT2D eigenvalue weighted by Gasteiger charge is 2.36. The smallest absolute Gasteiger partial charge is 0.307 e. The first-order chi connectivity index (χ1) is 11.9. The van der Waals surface area contributed by atoms with Crippen molar-refractivity contribution in [3.05, 3.63) is 35.6 Å². The molecule has 0 saturated carbocycles. The molecule has 1 fully saturated rings. The summed E-state index contributed by atoms with van der Waals surface area (Å²) in [5, 5.41) is 12.9. The van der Waals surface area contributed by atoms with Gasteiger partial charge in [0.1, 0.15) is 11.5 Å². The topological polar surface area (TPSA) is 114 Å². The molecule has 9 heteroatoms. The molecule has 1 unspecified atom stereocenters. The summed E-state index contributed by atoms with van der Waals surface area (Å²) in [6.07, 6.45) is 5.52. The first-order valence-electron chi connectivity index (χ1n) is 7.80. The zero-order valence-electron chi connectivity index (χ0n) is 13.6. The molecule has 1 atom stereocenters. The third kappa shape index (κ3) is 3.52. The van der Waals surface area contributed by atoms with Crippen LogP contribution < -0.4 is 0 Å². The van der Waals surface area contributed by atoms with Crippen molar-refractivity contribution in [2.24, 2.45) is 5.92 Å². The first-order valence-corrected chi connectivity index (χ1v) is 9.24. The van der Waals surface area contributed by atoms with E-state index in [9.17, 15) is 18.3 Å². The minimum absolute atomic E-state index is 0.0404. The van der Waals surface area contributed by atoms with Crippen molar-refractivity contribution in [2.75, 3.05) is 13.1 Å². The predicted octanol–water partition coefficient (Wildman–Crippen LogP) is 2.23. The maximum absolute atomic E-state index is 13.0. The summed E-state index contributed by atoms with van der Waals surface area (Å²) >= 11 is 0. The molecule has 1 saturated heterocycles. The van der Waals surface area contributed by atoms with Crippen LogP contribution in [0.15, 0.2) is 32.2 Å². The Hall–Kier alpha value is -2.39. The lowest BCUT2D eigenvalue weighted by atomic mass is 10.0. The first kappa shape index (κ1) is 17.4. The van der Waals surface area contributed by atoms with Crippen LogP contribution in [0.4, 0.5) is 0 Å². The van der Waals surface area contributed by atoms with Crippen LogP contribution in [-0.4, -0.2) is 42.0 Å². The van der Waals surface area contributed by atoms with Crippen molar-refractivity contribution in [3.63, 3.8) is 0 Å². The molecule has 0 spiro atoms. The van der Waals surface area contributed by atoms with Gasteiger partial charge in [-0.25, -0.2) is 8.42 Å². The van der Waals surface area contributed by atoms with Gasteiger partial charge in [0.05, 0.1) is 12.2 Å². The lowest BCUT2D eigenvalue weighted by molar-refractivity contribution is -0.142.